The van der Waals surface area contributed by atoms with Crippen molar-refractivity contribution in [2.75, 3.05) is 10.6 Å². The van der Waals surface area contributed by atoms with Crippen LogP contribution in [0.4, 0.5) is 11.4 Å². The lowest BCUT2D eigenvalue weighted by Gasteiger charge is -2.08. The van der Waals surface area contributed by atoms with E-state index in [-0.39, 0.29) is 23.2 Å². The summed E-state index contributed by atoms with van der Waals surface area (Å²) in [6.07, 6.45) is 1.49. The first-order valence-electron chi connectivity index (χ1n) is 6.61. The quantitative estimate of drug-likeness (QED) is 0.723. The molecule has 2 aromatic rings. The van der Waals surface area contributed by atoms with Crippen LogP contribution in [0.2, 0.25) is 0 Å². The van der Waals surface area contributed by atoms with Gasteiger partial charge >= 0.3 is 0 Å². The zero-order valence-electron chi connectivity index (χ0n) is 12.2. The number of amides is 1. The van der Waals surface area contributed by atoms with Crippen LogP contribution in [0.15, 0.2) is 30.5 Å². The summed E-state index contributed by atoms with van der Waals surface area (Å²) in [5.41, 5.74) is 1.73. The number of H-pyrrole nitrogens is 1. The second-order valence-corrected chi connectivity index (χ2v) is 4.77. The summed E-state index contributed by atoms with van der Waals surface area (Å²) in [7, 11) is 0. The maximum atomic E-state index is 11.6. The molecule has 0 bridgehead atoms. The Balaban J connectivity index is 2.02. The van der Waals surface area contributed by atoms with Crippen LogP contribution >= 0.6 is 0 Å². The number of carbonyl (C=O) groups is 1. The predicted octanol–water partition coefficient (Wildman–Crippen LogP) is 1.77. The van der Waals surface area contributed by atoms with Crippen molar-refractivity contribution in [1.82, 2.24) is 20.6 Å². The van der Waals surface area contributed by atoms with Crippen molar-refractivity contribution in [2.45, 2.75) is 13.8 Å². The molecule has 0 aliphatic heterocycles. The van der Waals surface area contributed by atoms with E-state index < -0.39 is 0 Å². The van der Waals surface area contributed by atoms with Crippen LogP contribution in [0.3, 0.4) is 0 Å². The highest BCUT2D eigenvalue weighted by Gasteiger charge is 2.07. The molecule has 1 aromatic heterocycles. The van der Waals surface area contributed by atoms with E-state index in [4.69, 9.17) is 5.26 Å². The van der Waals surface area contributed by atoms with Gasteiger partial charge in [-0.1, -0.05) is 13.8 Å². The Labute approximate surface area is 127 Å². The van der Waals surface area contributed by atoms with E-state index in [2.05, 4.69) is 31.3 Å². The molecule has 112 valence electrons. The predicted molar refractivity (Wildman–Crippen MR) is 81.3 cm³/mol. The van der Waals surface area contributed by atoms with Crippen LogP contribution in [0.5, 0.6) is 0 Å². The van der Waals surface area contributed by atoms with Crippen LogP contribution in [-0.4, -0.2) is 26.5 Å². The van der Waals surface area contributed by atoms with Crippen LogP contribution in [-0.2, 0) is 4.79 Å². The van der Waals surface area contributed by atoms with Crippen molar-refractivity contribution in [3.63, 3.8) is 0 Å². The van der Waals surface area contributed by atoms with Gasteiger partial charge in [0.25, 0.3) is 0 Å². The lowest BCUT2D eigenvalue weighted by Crippen LogP contribution is -2.17. The average Bonchev–Trinajstić information content (AvgIpc) is 3.03. The zero-order valence-corrected chi connectivity index (χ0v) is 12.2. The number of nitriles is 1. The number of benzene rings is 1. The fourth-order valence-electron chi connectivity index (χ4n) is 1.51. The second kappa shape index (κ2) is 6.99. The zero-order chi connectivity index (χ0) is 15.9. The highest BCUT2D eigenvalue weighted by Crippen LogP contribution is 2.15. The molecule has 0 saturated carbocycles. The molecule has 0 spiro atoms. The van der Waals surface area contributed by atoms with Gasteiger partial charge in [0, 0.05) is 23.5 Å². The molecule has 1 heterocycles. The SMILES string of the molecule is CC(C)C(=O)Nc1ccc(NC=C(C#N)c2nn[nH]n2)cc1. The number of allylic oxidation sites excluding steroid dienone is 1. The Kier molecular flexibility index (Phi) is 4.82. The van der Waals surface area contributed by atoms with E-state index in [9.17, 15) is 4.79 Å². The fourth-order valence-corrected chi connectivity index (χ4v) is 1.51. The summed E-state index contributed by atoms with van der Waals surface area (Å²) in [4.78, 5) is 11.6. The minimum Gasteiger partial charge on any atom is -0.360 e. The van der Waals surface area contributed by atoms with Crippen LogP contribution in [0.1, 0.15) is 19.7 Å². The second-order valence-electron chi connectivity index (χ2n) is 4.77. The minimum absolute atomic E-state index is 0.0375. The molecule has 0 atom stereocenters. The molecule has 1 aromatic carbocycles. The summed E-state index contributed by atoms with van der Waals surface area (Å²) < 4.78 is 0. The van der Waals surface area contributed by atoms with Crippen molar-refractivity contribution in [3.05, 3.63) is 36.3 Å². The number of nitrogens with one attached hydrogen (secondary N) is 3. The molecule has 0 aliphatic carbocycles. The van der Waals surface area contributed by atoms with Gasteiger partial charge in [0.05, 0.1) is 0 Å². The Morgan fingerprint density at radius 2 is 2.00 bits per heavy atom. The van der Waals surface area contributed by atoms with Crippen molar-refractivity contribution in [3.8, 4) is 6.07 Å². The number of tetrazole rings is 1. The number of nitrogens with zero attached hydrogens (tertiary/aromatic N) is 4. The monoisotopic (exact) mass is 297 g/mol. The van der Waals surface area contributed by atoms with Gasteiger partial charge in [0.2, 0.25) is 11.7 Å². The van der Waals surface area contributed by atoms with Crippen molar-refractivity contribution in [1.29, 1.82) is 5.26 Å². The van der Waals surface area contributed by atoms with E-state index in [1.165, 1.54) is 6.20 Å². The van der Waals surface area contributed by atoms with E-state index in [1.54, 1.807) is 24.3 Å². The number of carbonyl (C=O) groups excluding carboxylic acids is 1. The molecule has 1 amide bonds. The maximum absolute atomic E-state index is 11.6. The first-order valence-corrected chi connectivity index (χ1v) is 6.61. The van der Waals surface area contributed by atoms with Crippen molar-refractivity contribution in [2.24, 2.45) is 5.92 Å². The average molecular weight is 297 g/mol. The van der Waals surface area contributed by atoms with Gasteiger partial charge in [0.15, 0.2) is 0 Å². The number of rotatable bonds is 5. The Morgan fingerprint density at radius 3 is 2.55 bits per heavy atom. The van der Waals surface area contributed by atoms with Gasteiger partial charge in [-0.25, -0.2) is 0 Å². The van der Waals surface area contributed by atoms with E-state index in [1.807, 2.05) is 19.9 Å². The lowest BCUT2D eigenvalue weighted by atomic mass is 10.2. The van der Waals surface area contributed by atoms with Gasteiger partial charge < -0.3 is 10.6 Å². The van der Waals surface area contributed by atoms with Crippen LogP contribution < -0.4 is 10.6 Å². The first-order chi connectivity index (χ1) is 10.6. The van der Waals surface area contributed by atoms with E-state index in [0.717, 1.165) is 5.69 Å². The highest BCUT2D eigenvalue weighted by molar-refractivity contribution is 5.92. The molecule has 8 heteroatoms. The van der Waals surface area contributed by atoms with E-state index >= 15 is 0 Å². The largest absolute Gasteiger partial charge is 0.360 e. The molecule has 0 radical (unpaired) electrons. The number of anilines is 2. The molecule has 22 heavy (non-hydrogen) atoms. The minimum atomic E-state index is -0.0751. The summed E-state index contributed by atoms with van der Waals surface area (Å²) in [5, 5.41) is 28.0. The maximum Gasteiger partial charge on any atom is 0.226 e. The first kappa shape index (κ1) is 15.2. The van der Waals surface area contributed by atoms with Gasteiger partial charge in [-0.15, -0.1) is 10.2 Å². The number of hydrogen-bond donors (Lipinski definition) is 3. The van der Waals surface area contributed by atoms with Gasteiger partial charge in [-0.2, -0.15) is 10.5 Å². The number of aromatic amines is 1. The molecule has 0 fully saturated rings. The van der Waals surface area contributed by atoms with Crippen molar-refractivity contribution >= 4 is 22.9 Å². The van der Waals surface area contributed by atoms with Crippen LogP contribution in [0, 0.1) is 17.2 Å². The summed E-state index contributed by atoms with van der Waals surface area (Å²) in [6.45, 7) is 3.66. The topological polar surface area (TPSA) is 119 Å². The van der Waals surface area contributed by atoms with Crippen molar-refractivity contribution < 1.29 is 4.79 Å². The summed E-state index contributed by atoms with van der Waals surface area (Å²) in [6, 6.07) is 9.11. The van der Waals surface area contributed by atoms with Crippen LogP contribution in [0.25, 0.3) is 5.57 Å². The molecule has 2 rings (SSSR count). The molecule has 0 aliphatic rings. The number of aromatic nitrogens is 4. The van der Waals surface area contributed by atoms with Gasteiger partial charge in [-0.3, -0.25) is 4.79 Å². The molecule has 8 nitrogen and oxygen atoms in total. The third-order valence-corrected chi connectivity index (χ3v) is 2.77. The molecular formula is C14H15N7O. The van der Waals surface area contributed by atoms with Gasteiger partial charge in [0.1, 0.15) is 11.6 Å². The molecule has 3 N–H and O–H groups in total. The highest BCUT2D eigenvalue weighted by atomic mass is 16.1. The summed E-state index contributed by atoms with van der Waals surface area (Å²) in [5.74, 6) is 0.106. The number of hydrogen-bond acceptors (Lipinski definition) is 6. The normalized spacial score (nSPS) is 11.1. The van der Waals surface area contributed by atoms with Gasteiger partial charge in [-0.05, 0) is 29.5 Å². The smallest absolute Gasteiger partial charge is 0.226 e. The molecule has 0 saturated heterocycles. The summed E-state index contributed by atoms with van der Waals surface area (Å²) >= 11 is 0. The standard InChI is InChI=1S/C14H15N7O/c1-9(2)14(22)17-12-5-3-11(4-6-12)16-8-10(7-15)13-18-20-21-19-13/h3-6,8-9,16H,1-2H3,(H,17,22)(H,18,19,20,21). The Bertz CT molecular complexity index is 696. The Morgan fingerprint density at radius 1 is 1.32 bits per heavy atom. The third-order valence-electron chi connectivity index (χ3n) is 2.77. The third kappa shape index (κ3) is 3.89. The molecule has 0 unspecified atom stereocenters. The fraction of sp³-hybridized carbons (Fsp3) is 0.214. The lowest BCUT2D eigenvalue weighted by molar-refractivity contribution is -0.118. The van der Waals surface area contributed by atoms with E-state index in [0.29, 0.717) is 5.69 Å². The Hall–Kier alpha value is -3.21. The molecular weight excluding hydrogens is 282 g/mol.